The first-order valence-electron chi connectivity index (χ1n) is 14.6. The molecule has 2 amide bonds. The van der Waals surface area contributed by atoms with Crippen molar-refractivity contribution in [3.05, 3.63) is 152 Å². The number of allylic oxidation sites excluding steroid dienone is 8. The molecule has 0 saturated heterocycles. The van der Waals surface area contributed by atoms with Crippen molar-refractivity contribution >= 4 is 31.3 Å². The Morgan fingerprint density at radius 3 is 1.34 bits per heavy atom. The van der Waals surface area contributed by atoms with E-state index in [9.17, 15) is 9.59 Å². The second kappa shape index (κ2) is 13.7. The third-order valence-corrected chi connectivity index (χ3v) is 15.8. The van der Waals surface area contributed by atoms with Crippen LogP contribution in [0.4, 0.5) is 38.5 Å². The van der Waals surface area contributed by atoms with Gasteiger partial charge in [-0.2, -0.15) is 0 Å². The fourth-order valence-electron chi connectivity index (χ4n) is 5.87. The quantitative estimate of drug-likeness (QED) is 0.146. The van der Waals surface area contributed by atoms with E-state index in [2.05, 4.69) is 10.6 Å². The predicted octanol–water partition coefficient (Wildman–Crippen LogP) is 8.26. The first kappa shape index (κ1) is 31.8. The van der Waals surface area contributed by atoms with E-state index in [4.69, 9.17) is 9.47 Å². The number of carbonyl (C=O) groups excluding carboxylic acids is 2. The van der Waals surface area contributed by atoms with Gasteiger partial charge in [-0.1, -0.05) is 0 Å². The van der Waals surface area contributed by atoms with Crippen LogP contribution in [0.25, 0.3) is 0 Å². The van der Waals surface area contributed by atoms with Gasteiger partial charge in [0.1, 0.15) is 0 Å². The molecule has 4 aromatic rings. The van der Waals surface area contributed by atoms with Gasteiger partial charge in [-0.05, 0) is 0 Å². The maximum atomic E-state index is 16.8. The fourth-order valence-corrected chi connectivity index (χ4v) is 14.1. The number of benzene rings is 4. The molecule has 2 aliphatic carbocycles. The van der Waals surface area contributed by atoms with Crippen LogP contribution in [0.3, 0.4) is 0 Å². The van der Waals surface area contributed by atoms with Gasteiger partial charge in [-0.25, -0.2) is 0 Å². The van der Waals surface area contributed by atoms with E-state index in [-0.39, 0.29) is 24.3 Å². The number of amides is 2. The molecule has 11 heteroatoms. The Labute approximate surface area is 271 Å². The first-order valence-corrected chi connectivity index (χ1v) is 17.7. The van der Waals surface area contributed by atoms with E-state index >= 15 is 17.6 Å². The Balaban J connectivity index is 1.50. The van der Waals surface area contributed by atoms with Gasteiger partial charge >= 0.3 is 272 Å². The standard InChI is InChI=1S/2C13H8F2NO2.2C5H5.Ti/c2*14-9-6-7-12(11(15)8-9)16-13(17)18-10-4-2-1-3-5-10;2*1-2-4-5-3-1;/h2*1-7H,(H,16,17);2*1-3H,4H2;. The number of halogens is 4. The van der Waals surface area contributed by atoms with Crippen LogP contribution in [0.2, 0.25) is 0 Å². The number of hydrogen-bond acceptors (Lipinski definition) is 4. The summed E-state index contributed by atoms with van der Waals surface area (Å²) in [6.07, 6.45) is 8.34. The molecule has 0 aromatic heterocycles. The predicted molar refractivity (Wildman–Crippen MR) is 168 cm³/mol. The summed E-state index contributed by atoms with van der Waals surface area (Å²) in [4.78, 5) is 25.5. The Morgan fingerprint density at radius 1 is 0.574 bits per heavy atom. The molecule has 4 aromatic carbocycles. The second-order valence-electron chi connectivity index (χ2n) is 10.6. The van der Waals surface area contributed by atoms with Gasteiger partial charge in [0.15, 0.2) is 0 Å². The zero-order valence-corrected chi connectivity index (χ0v) is 26.2. The summed E-state index contributed by atoms with van der Waals surface area (Å²) in [5.74, 6) is -4.07. The minimum atomic E-state index is -5.25. The van der Waals surface area contributed by atoms with E-state index in [1.54, 1.807) is 72.9 Å². The van der Waals surface area contributed by atoms with Gasteiger partial charge in [0.25, 0.3) is 0 Å². The van der Waals surface area contributed by atoms with Crippen molar-refractivity contribution < 1.29 is 53.2 Å². The number of para-hydroxylation sites is 2. The number of anilines is 2. The third-order valence-electron chi connectivity index (χ3n) is 7.82. The van der Waals surface area contributed by atoms with Gasteiger partial charge in [0, 0.05) is 0 Å². The number of rotatable bonds is 8. The van der Waals surface area contributed by atoms with Crippen LogP contribution in [0, 0.1) is 23.3 Å². The molecule has 0 aliphatic heterocycles. The van der Waals surface area contributed by atoms with Crippen molar-refractivity contribution in [2.45, 2.75) is 12.8 Å². The molecule has 0 heterocycles. The van der Waals surface area contributed by atoms with Gasteiger partial charge in [0.2, 0.25) is 0 Å². The van der Waals surface area contributed by atoms with Crippen molar-refractivity contribution in [3.8, 4) is 11.5 Å². The average molecular weight is 674 g/mol. The molecule has 0 radical (unpaired) electrons. The molecule has 0 atom stereocenters. The molecule has 0 spiro atoms. The molecular weight excluding hydrogens is 648 g/mol. The Morgan fingerprint density at radius 2 is 0.979 bits per heavy atom. The van der Waals surface area contributed by atoms with Crippen molar-refractivity contribution in [1.82, 2.24) is 0 Å². The van der Waals surface area contributed by atoms with Crippen LogP contribution in [-0.2, 0) is 16.6 Å². The summed E-state index contributed by atoms with van der Waals surface area (Å²) in [5, 5.41) is 4.63. The summed E-state index contributed by atoms with van der Waals surface area (Å²) in [5.41, 5.74) is -0.867. The SMILES string of the molecule is O=C(Nc1ccc(F)[c]([Ti]([C]2=CC=CC2)([C]2=CC=CC2)[c]2c(F)ccc(NC(=O)Oc3ccccc3)c2F)c1F)Oc1ccccc1. The minimum absolute atomic E-state index is 0.177. The molecule has 236 valence electrons. The summed E-state index contributed by atoms with van der Waals surface area (Å²) < 4.78 is 76.5. The van der Waals surface area contributed by atoms with Crippen molar-refractivity contribution in [2.24, 2.45) is 0 Å². The monoisotopic (exact) mass is 674 g/mol. The molecule has 0 unspecified atom stereocenters. The molecule has 0 saturated carbocycles. The molecule has 0 bridgehead atoms. The van der Waals surface area contributed by atoms with Gasteiger partial charge < -0.3 is 0 Å². The number of ether oxygens (including phenoxy) is 2. The topological polar surface area (TPSA) is 76.7 Å². The fraction of sp³-hybridized carbons (Fsp3) is 0.0556. The number of nitrogens with one attached hydrogen (secondary N) is 2. The Bertz CT molecular complexity index is 1840. The van der Waals surface area contributed by atoms with Crippen LogP contribution in [-0.4, -0.2) is 12.2 Å². The zero-order valence-electron chi connectivity index (χ0n) is 24.6. The van der Waals surface area contributed by atoms with E-state index in [1.165, 1.54) is 24.3 Å². The summed E-state index contributed by atoms with van der Waals surface area (Å²) in [6.45, 7) is 0. The normalized spacial score (nSPS) is 13.6. The summed E-state index contributed by atoms with van der Waals surface area (Å²) in [6, 6.07) is 20.1. The third kappa shape index (κ3) is 6.30. The maximum absolute atomic E-state index is 16.8. The van der Waals surface area contributed by atoms with Crippen LogP contribution in [0.15, 0.2) is 129 Å². The van der Waals surface area contributed by atoms with E-state index in [0.29, 0.717) is 7.76 Å². The van der Waals surface area contributed by atoms with Crippen LogP contribution >= 0.6 is 0 Å². The molecular formula is C36H26F4N2O4Ti. The Kier molecular flexibility index (Phi) is 9.24. The van der Waals surface area contributed by atoms with Gasteiger partial charge in [-0.15, -0.1) is 0 Å². The van der Waals surface area contributed by atoms with E-state index < -0.39 is 71.2 Å². The Hall–Kier alpha value is -5.19. The van der Waals surface area contributed by atoms with Crippen LogP contribution < -0.4 is 27.8 Å². The molecule has 2 aliphatic rings. The first-order chi connectivity index (χ1) is 22.8. The van der Waals surface area contributed by atoms with Gasteiger partial charge in [-0.3, -0.25) is 0 Å². The molecule has 2 N–H and O–H groups in total. The molecule has 0 fully saturated rings. The summed E-state index contributed by atoms with van der Waals surface area (Å²) >= 11 is -5.25. The molecule has 6 nitrogen and oxygen atoms in total. The van der Waals surface area contributed by atoms with Crippen molar-refractivity contribution in [2.75, 3.05) is 10.6 Å². The molecule has 47 heavy (non-hydrogen) atoms. The number of carbonyl (C=O) groups is 2. The zero-order chi connectivity index (χ0) is 33.0. The van der Waals surface area contributed by atoms with E-state index in [0.717, 1.165) is 24.3 Å². The summed E-state index contributed by atoms with van der Waals surface area (Å²) in [7, 11) is 0. The van der Waals surface area contributed by atoms with Crippen molar-refractivity contribution in [1.29, 1.82) is 0 Å². The van der Waals surface area contributed by atoms with Crippen LogP contribution in [0.5, 0.6) is 11.5 Å². The number of hydrogen-bond donors (Lipinski definition) is 2. The second-order valence-corrected chi connectivity index (χ2v) is 16.5. The van der Waals surface area contributed by atoms with Crippen molar-refractivity contribution in [3.63, 3.8) is 0 Å². The molecule has 6 rings (SSSR count). The average Bonchev–Trinajstić information content (AvgIpc) is 3.80. The van der Waals surface area contributed by atoms with Gasteiger partial charge in [0.05, 0.1) is 0 Å². The van der Waals surface area contributed by atoms with Crippen LogP contribution in [0.1, 0.15) is 12.8 Å². The van der Waals surface area contributed by atoms with E-state index in [1.807, 2.05) is 0 Å².